The number of nitrogens with one attached hydrogen (secondary N) is 1. The number of aliphatic hydroxyl groups is 1. The zero-order chi connectivity index (χ0) is 6.69. The topological polar surface area (TPSA) is 44.6 Å². The molecule has 3 heteroatoms. The Bertz CT molecular complexity index is 142. The Labute approximate surface area is 54.1 Å². The van der Waals surface area contributed by atoms with Crippen molar-refractivity contribution >= 4 is 5.84 Å². The maximum atomic E-state index is 8.87. The highest BCUT2D eigenvalue weighted by Crippen LogP contribution is 1.95. The lowest BCUT2D eigenvalue weighted by atomic mass is 10.4. The molecule has 0 aromatic carbocycles. The van der Waals surface area contributed by atoms with E-state index >= 15 is 0 Å². The lowest BCUT2D eigenvalue weighted by molar-refractivity contribution is 0.178. The minimum absolute atomic E-state index is 0.472. The molecule has 0 aromatic rings. The molecule has 3 nitrogen and oxygen atoms in total. The predicted molar refractivity (Wildman–Crippen MR) is 36.3 cm³/mol. The summed E-state index contributed by atoms with van der Waals surface area (Å²) in [5.74, 6) is 0.831. The van der Waals surface area contributed by atoms with Gasteiger partial charge in [-0.05, 0) is 0 Å². The Balaban J connectivity index is 2.35. The fourth-order valence-electron chi connectivity index (χ4n) is 0.740. The molecule has 9 heavy (non-hydrogen) atoms. The van der Waals surface area contributed by atoms with E-state index in [-0.39, 0.29) is 0 Å². The minimum atomic E-state index is -0.472. The summed E-state index contributed by atoms with van der Waals surface area (Å²) >= 11 is 0. The molecule has 0 aliphatic carbocycles. The normalized spacial score (nSPS) is 25.0. The monoisotopic (exact) mass is 126 g/mol. The molecule has 0 fully saturated rings. The summed E-state index contributed by atoms with van der Waals surface area (Å²) in [6.07, 6.45) is 2.00. The zero-order valence-corrected chi connectivity index (χ0v) is 5.17. The van der Waals surface area contributed by atoms with Crippen LogP contribution in [0.1, 0.15) is 6.42 Å². The van der Waals surface area contributed by atoms with Gasteiger partial charge in [-0.25, -0.2) is 0 Å². The number of amidine groups is 1. The van der Waals surface area contributed by atoms with Crippen LogP contribution in [-0.2, 0) is 0 Å². The molecule has 50 valence electrons. The lowest BCUT2D eigenvalue weighted by Gasteiger charge is -2.00. The number of rotatable bonds is 2. The molecule has 1 unspecified atom stereocenters. The Morgan fingerprint density at radius 3 is 3.22 bits per heavy atom. The van der Waals surface area contributed by atoms with Gasteiger partial charge in [-0.1, -0.05) is 6.08 Å². The van der Waals surface area contributed by atoms with E-state index in [9.17, 15) is 0 Å². The van der Waals surface area contributed by atoms with Crippen molar-refractivity contribution < 1.29 is 5.11 Å². The molecule has 0 radical (unpaired) electrons. The van der Waals surface area contributed by atoms with E-state index in [2.05, 4.69) is 16.9 Å². The van der Waals surface area contributed by atoms with Crippen LogP contribution in [0, 0.1) is 0 Å². The minimum Gasteiger partial charge on any atom is -0.372 e. The van der Waals surface area contributed by atoms with E-state index < -0.39 is 6.23 Å². The third kappa shape index (κ3) is 1.54. The molecule has 0 saturated carbocycles. The first-order chi connectivity index (χ1) is 4.33. The van der Waals surface area contributed by atoms with Crippen molar-refractivity contribution in [1.29, 1.82) is 0 Å². The van der Waals surface area contributed by atoms with Crippen molar-refractivity contribution in [2.75, 3.05) is 6.54 Å². The SMILES string of the molecule is C=CCC1=NCC(O)N1. The van der Waals surface area contributed by atoms with Gasteiger partial charge in [-0.2, -0.15) is 0 Å². The summed E-state index contributed by atoms with van der Waals surface area (Å²) in [5.41, 5.74) is 0. The molecular formula is C6H10N2O. The largest absolute Gasteiger partial charge is 0.372 e. The van der Waals surface area contributed by atoms with Crippen LogP contribution in [0.4, 0.5) is 0 Å². The third-order valence-electron chi connectivity index (χ3n) is 1.13. The first-order valence-corrected chi connectivity index (χ1v) is 2.92. The van der Waals surface area contributed by atoms with Gasteiger partial charge in [-0.3, -0.25) is 4.99 Å². The highest BCUT2D eigenvalue weighted by molar-refractivity contribution is 5.84. The van der Waals surface area contributed by atoms with Crippen LogP contribution in [0.2, 0.25) is 0 Å². The standard InChI is InChI=1S/C6H10N2O/c1-2-3-5-7-4-6(9)8-5/h2,6,9H,1,3-4H2,(H,7,8). The molecule has 1 atom stereocenters. The average Bonchev–Trinajstić information content (AvgIpc) is 2.17. The van der Waals surface area contributed by atoms with Crippen LogP contribution in [0.3, 0.4) is 0 Å². The molecule has 0 spiro atoms. The van der Waals surface area contributed by atoms with Gasteiger partial charge < -0.3 is 10.4 Å². The quantitative estimate of drug-likeness (QED) is 0.507. The van der Waals surface area contributed by atoms with Gasteiger partial charge in [0.05, 0.1) is 6.54 Å². The number of hydrogen-bond donors (Lipinski definition) is 2. The fraction of sp³-hybridized carbons (Fsp3) is 0.500. The van der Waals surface area contributed by atoms with E-state index in [1.807, 2.05) is 0 Å². The molecule has 1 aliphatic rings. The van der Waals surface area contributed by atoms with Gasteiger partial charge in [0.1, 0.15) is 12.1 Å². The second-order valence-electron chi connectivity index (χ2n) is 1.94. The van der Waals surface area contributed by atoms with Crippen LogP contribution in [0.15, 0.2) is 17.6 Å². The van der Waals surface area contributed by atoms with Crippen LogP contribution < -0.4 is 5.32 Å². The molecule has 0 bridgehead atoms. The number of aliphatic imine (C=N–C) groups is 1. The van der Waals surface area contributed by atoms with Gasteiger partial charge in [0.15, 0.2) is 0 Å². The van der Waals surface area contributed by atoms with E-state index in [4.69, 9.17) is 5.11 Å². The predicted octanol–water partition coefficient (Wildman–Crippen LogP) is -0.117. The van der Waals surface area contributed by atoms with Crippen molar-refractivity contribution in [3.8, 4) is 0 Å². The summed E-state index contributed by atoms with van der Waals surface area (Å²) in [6, 6.07) is 0. The van der Waals surface area contributed by atoms with Crippen LogP contribution in [0.5, 0.6) is 0 Å². The van der Waals surface area contributed by atoms with Crippen molar-refractivity contribution in [2.45, 2.75) is 12.6 Å². The van der Waals surface area contributed by atoms with E-state index in [0.717, 1.165) is 12.3 Å². The van der Waals surface area contributed by atoms with Crippen molar-refractivity contribution in [3.05, 3.63) is 12.7 Å². The smallest absolute Gasteiger partial charge is 0.145 e. The highest BCUT2D eigenvalue weighted by Gasteiger charge is 2.11. The second-order valence-corrected chi connectivity index (χ2v) is 1.94. The second kappa shape index (κ2) is 2.64. The maximum absolute atomic E-state index is 8.87. The molecule has 0 aromatic heterocycles. The van der Waals surface area contributed by atoms with Crippen molar-refractivity contribution in [2.24, 2.45) is 4.99 Å². The van der Waals surface area contributed by atoms with Gasteiger partial charge in [0.2, 0.25) is 0 Å². The molecule has 1 rings (SSSR count). The van der Waals surface area contributed by atoms with Crippen LogP contribution in [0.25, 0.3) is 0 Å². The Morgan fingerprint density at radius 1 is 2.00 bits per heavy atom. The third-order valence-corrected chi connectivity index (χ3v) is 1.13. The Kier molecular flexibility index (Phi) is 1.85. The summed E-state index contributed by atoms with van der Waals surface area (Å²) in [5, 5.41) is 11.7. The fourth-order valence-corrected chi connectivity index (χ4v) is 0.740. The molecule has 2 N–H and O–H groups in total. The van der Waals surface area contributed by atoms with Crippen LogP contribution in [-0.4, -0.2) is 23.7 Å². The van der Waals surface area contributed by atoms with Gasteiger partial charge in [0.25, 0.3) is 0 Å². The first-order valence-electron chi connectivity index (χ1n) is 2.92. The van der Waals surface area contributed by atoms with Gasteiger partial charge in [-0.15, -0.1) is 6.58 Å². The van der Waals surface area contributed by atoms with E-state index in [1.54, 1.807) is 6.08 Å². The summed E-state index contributed by atoms with van der Waals surface area (Å²) in [4.78, 5) is 3.99. The molecule has 0 amide bonds. The first kappa shape index (κ1) is 6.29. The summed E-state index contributed by atoms with van der Waals surface area (Å²) in [7, 11) is 0. The molecule has 1 heterocycles. The van der Waals surface area contributed by atoms with Gasteiger partial charge >= 0.3 is 0 Å². The lowest BCUT2D eigenvalue weighted by Crippen LogP contribution is -2.28. The number of aliphatic hydroxyl groups excluding tert-OH is 1. The molecular weight excluding hydrogens is 116 g/mol. The molecule has 1 aliphatic heterocycles. The Morgan fingerprint density at radius 2 is 2.78 bits per heavy atom. The van der Waals surface area contributed by atoms with E-state index in [1.165, 1.54) is 0 Å². The van der Waals surface area contributed by atoms with Crippen molar-refractivity contribution in [3.63, 3.8) is 0 Å². The number of hydrogen-bond acceptors (Lipinski definition) is 3. The summed E-state index contributed by atoms with van der Waals surface area (Å²) in [6.45, 7) is 4.02. The van der Waals surface area contributed by atoms with Crippen molar-refractivity contribution in [1.82, 2.24) is 5.32 Å². The number of nitrogens with zero attached hydrogens (tertiary/aromatic N) is 1. The Hall–Kier alpha value is -0.830. The molecule has 0 saturated heterocycles. The summed E-state index contributed by atoms with van der Waals surface area (Å²) < 4.78 is 0. The average molecular weight is 126 g/mol. The van der Waals surface area contributed by atoms with Gasteiger partial charge in [0, 0.05) is 6.42 Å². The van der Waals surface area contributed by atoms with E-state index in [0.29, 0.717) is 6.54 Å². The highest BCUT2D eigenvalue weighted by atomic mass is 16.3. The zero-order valence-electron chi connectivity index (χ0n) is 5.17. The maximum Gasteiger partial charge on any atom is 0.145 e. The van der Waals surface area contributed by atoms with Crippen LogP contribution >= 0.6 is 0 Å².